The third-order valence-corrected chi connectivity index (χ3v) is 6.40. The van der Waals surface area contributed by atoms with E-state index < -0.39 is 12.7 Å². The lowest BCUT2D eigenvalue weighted by Gasteiger charge is -2.15. The largest absolute Gasteiger partial charge is 0.455 e. The van der Waals surface area contributed by atoms with Gasteiger partial charge in [-0.25, -0.2) is 0 Å². The van der Waals surface area contributed by atoms with Crippen LogP contribution in [0.25, 0.3) is 44.3 Å². The zero-order chi connectivity index (χ0) is 26.5. The van der Waals surface area contributed by atoms with Crippen LogP contribution < -0.4 is 0 Å². The molecule has 2 heterocycles. The fourth-order valence-corrected chi connectivity index (χ4v) is 4.64. The van der Waals surface area contributed by atoms with Gasteiger partial charge < -0.3 is 4.42 Å². The summed E-state index contributed by atoms with van der Waals surface area (Å²) in [7, 11) is 0. The maximum Gasteiger partial charge on any atom is 0.145 e. The van der Waals surface area contributed by atoms with Crippen LogP contribution in [0, 0.1) is 6.85 Å². The monoisotopic (exact) mass is 443 g/mol. The zero-order valence-electron chi connectivity index (χ0n) is 22.7. The highest BCUT2D eigenvalue weighted by Gasteiger charge is 2.20. The van der Waals surface area contributed by atoms with Gasteiger partial charge in [0.2, 0.25) is 0 Å². The van der Waals surface area contributed by atoms with Gasteiger partial charge in [-0.2, -0.15) is 0 Å². The quantitative estimate of drug-likeness (QED) is 0.272. The molecule has 0 spiro atoms. The molecular weight excluding hydrogens is 414 g/mol. The van der Waals surface area contributed by atoms with Crippen molar-refractivity contribution in [2.45, 2.75) is 19.7 Å². The predicted molar refractivity (Wildman–Crippen MR) is 141 cm³/mol. The Kier molecular flexibility index (Phi) is 4.02. The molecule has 1 unspecified atom stereocenters. The SMILES string of the molecule is [2H]C([2H])([2H])c1cc(-c2ccc(C([2H])(C)c3ccccc3)c3c2oc2ccccc23)ncc1-c1ccccc1. The Bertz CT molecular complexity index is 1770. The molecule has 0 amide bonds. The van der Waals surface area contributed by atoms with E-state index in [9.17, 15) is 1.37 Å². The first-order valence-electron chi connectivity index (χ1n) is 13.3. The van der Waals surface area contributed by atoms with Crippen LogP contribution in [0.4, 0.5) is 0 Å². The van der Waals surface area contributed by atoms with Gasteiger partial charge in [0.1, 0.15) is 11.2 Å². The molecule has 1 atom stereocenters. The second kappa shape index (κ2) is 8.31. The second-order valence-corrected chi connectivity index (χ2v) is 8.44. The summed E-state index contributed by atoms with van der Waals surface area (Å²) < 4.78 is 40.5. The van der Waals surface area contributed by atoms with Crippen LogP contribution in [0.3, 0.4) is 0 Å². The van der Waals surface area contributed by atoms with E-state index >= 15 is 0 Å². The number of hydrogen-bond acceptors (Lipinski definition) is 2. The number of fused-ring (bicyclic) bond motifs is 3. The lowest BCUT2D eigenvalue weighted by Crippen LogP contribution is -1.97. The lowest BCUT2D eigenvalue weighted by molar-refractivity contribution is 0.669. The van der Waals surface area contributed by atoms with E-state index in [0.29, 0.717) is 28.0 Å². The first kappa shape index (κ1) is 16.4. The summed E-state index contributed by atoms with van der Waals surface area (Å²) >= 11 is 0. The van der Waals surface area contributed by atoms with Crippen LogP contribution >= 0.6 is 0 Å². The minimum Gasteiger partial charge on any atom is -0.455 e. The molecule has 0 saturated heterocycles. The van der Waals surface area contributed by atoms with Gasteiger partial charge >= 0.3 is 0 Å². The van der Waals surface area contributed by atoms with Gasteiger partial charge in [0.05, 0.1) is 5.69 Å². The molecule has 6 rings (SSSR count). The molecule has 0 bridgehead atoms. The van der Waals surface area contributed by atoms with E-state index in [1.54, 1.807) is 12.3 Å². The van der Waals surface area contributed by atoms with Crippen molar-refractivity contribution in [3.63, 3.8) is 0 Å². The number of rotatable bonds is 4. The van der Waals surface area contributed by atoms with E-state index in [0.717, 1.165) is 27.5 Å². The Morgan fingerprint density at radius 1 is 0.824 bits per heavy atom. The number of nitrogens with zero attached hydrogens (tertiary/aromatic N) is 1. The Hall–Kier alpha value is -4.17. The van der Waals surface area contributed by atoms with Crippen LogP contribution in [0.5, 0.6) is 0 Å². The summed E-state index contributed by atoms with van der Waals surface area (Å²) in [6.07, 6.45) is 1.63. The summed E-state index contributed by atoms with van der Waals surface area (Å²) in [5.74, 6) is -1.04. The highest BCUT2D eigenvalue weighted by atomic mass is 16.3. The molecule has 0 N–H and O–H groups in total. The van der Waals surface area contributed by atoms with E-state index in [2.05, 4.69) is 0 Å². The number of aromatic nitrogens is 1. The maximum absolute atomic E-state index is 9.39. The van der Waals surface area contributed by atoms with Gasteiger partial charge in [0.15, 0.2) is 0 Å². The molecule has 2 aromatic heterocycles. The van der Waals surface area contributed by atoms with Crippen molar-refractivity contribution in [1.82, 2.24) is 4.98 Å². The molecular formula is C32H25NO. The number of pyridine rings is 1. The summed E-state index contributed by atoms with van der Waals surface area (Å²) in [5, 5.41) is 1.74. The Balaban J connectivity index is 1.62. The van der Waals surface area contributed by atoms with Crippen molar-refractivity contribution in [2.24, 2.45) is 0 Å². The van der Waals surface area contributed by atoms with Gasteiger partial charge in [0, 0.05) is 39.5 Å². The van der Waals surface area contributed by atoms with Crippen molar-refractivity contribution in [2.75, 3.05) is 0 Å². The average Bonchev–Trinajstić information content (AvgIpc) is 3.32. The van der Waals surface area contributed by atoms with Crippen molar-refractivity contribution >= 4 is 21.9 Å². The first-order valence-corrected chi connectivity index (χ1v) is 11.3. The molecule has 2 nitrogen and oxygen atoms in total. The normalized spacial score (nSPS) is 15.3. The molecule has 4 aromatic carbocycles. The van der Waals surface area contributed by atoms with E-state index in [4.69, 9.17) is 13.5 Å². The minimum atomic E-state index is -2.33. The van der Waals surface area contributed by atoms with E-state index in [1.165, 1.54) is 0 Å². The van der Waals surface area contributed by atoms with E-state index in [1.807, 2.05) is 104 Å². The number of para-hydroxylation sites is 1. The van der Waals surface area contributed by atoms with Gasteiger partial charge in [-0.05, 0) is 47.3 Å². The van der Waals surface area contributed by atoms with Gasteiger partial charge in [0.25, 0.3) is 0 Å². The van der Waals surface area contributed by atoms with Crippen LogP contribution in [0.1, 0.15) is 35.0 Å². The van der Waals surface area contributed by atoms with Crippen LogP contribution in [-0.2, 0) is 0 Å². The molecule has 34 heavy (non-hydrogen) atoms. The highest BCUT2D eigenvalue weighted by molar-refractivity contribution is 6.11. The maximum atomic E-state index is 9.39. The number of furan rings is 1. The number of benzene rings is 4. The Morgan fingerprint density at radius 2 is 1.56 bits per heavy atom. The fraction of sp³-hybridized carbons (Fsp3) is 0.0938. The topological polar surface area (TPSA) is 26.0 Å². The van der Waals surface area contributed by atoms with Crippen molar-refractivity contribution in [3.05, 3.63) is 126 Å². The molecule has 6 aromatic rings. The number of aryl methyl sites for hydroxylation is 1. The Labute approximate surface area is 205 Å². The van der Waals surface area contributed by atoms with E-state index in [-0.39, 0.29) is 5.56 Å². The molecule has 0 aliphatic carbocycles. The standard InChI is InChI=1S/C32H25NO/c1-21-19-29(33-20-28(21)24-13-7-4-8-14-24)26-18-17-25(22(2)23-11-5-3-6-12-23)31-27-15-9-10-16-30(27)34-32(26)31/h3-20,22H,1-2H3/i1D3,22D. The van der Waals surface area contributed by atoms with Gasteiger partial charge in [-0.15, -0.1) is 0 Å². The fourth-order valence-electron chi connectivity index (χ4n) is 4.64. The zero-order valence-corrected chi connectivity index (χ0v) is 18.7. The van der Waals surface area contributed by atoms with Crippen molar-refractivity contribution in [1.29, 1.82) is 0 Å². The van der Waals surface area contributed by atoms with Gasteiger partial charge in [-0.3, -0.25) is 4.98 Å². The smallest absolute Gasteiger partial charge is 0.145 e. The molecule has 0 aliphatic heterocycles. The molecule has 0 aliphatic rings. The summed E-state index contributed by atoms with van der Waals surface area (Å²) in [4.78, 5) is 4.71. The minimum absolute atomic E-state index is 0.233. The predicted octanol–water partition coefficient (Wildman–Crippen LogP) is 8.78. The highest BCUT2D eigenvalue weighted by Crippen LogP contribution is 2.41. The third kappa shape index (κ3) is 3.39. The summed E-state index contributed by atoms with van der Waals surface area (Å²) in [6.45, 7) is -0.443. The van der Waals surface area contributed by atoms with Crippen LogP contribution in [-0.4, -0.2) is 4.98 Å². The number of hydrogen-bond donors (Lipinski definition) is 0. The first-order chi connectivity index (χ1) is 18.2. The molecule has 164 valence electrons. The molecule has 0 fully saturated rings. The molecule has 0 saturated carbocycles. The summed E-state index contributed by atoms with van der Waals surface area (Å²) in [6, 6.07) is 32.4. The molecule has 2 heteroatoms. The molecule has 0 radical (unpaired) electrons. The van der Waals surface area contributed by atoms with Crippen molar-refractivity contribution < 1.29 is 9.90 Å². The lowest BCUT2D eigenvalue weighted by atomic mass is 9.88. The second-order valence-electron chi connectivity index (χ2n) is 8.44. The van der Waals surface area contributed by atoms with Crippen LogP contribution in [0.2, 0.25) is 0 Å². The third-order valence-electron chi connectivity index (χ3n) is 6.40. The van der Waals surface area contributed by atoms with Crippen molar-refractivity contribution in [3.8, 4) is 22.4 Å². The Morgan fingerprint density at radius 3 is 2.35 bits per heavy atom. The average molecular weight is 444 g/mol. The summed E-state index contributed by atoms with van der Waals surface area (Å²) in [5.41, 5.74) is 5.79. The van der Waals surface area contributed by atoms with Gasteiger partial charge in [-0.1, -0.05) is 91.9 Å². The van der Waals surface area contributed by atoms with Crippen LogP contribution in [0.15, 0.2) is 114 Å².